The molecule has 1 N–H and O–H groups in total. The first kappa shape index (κ1) is 15.2. The molecule has 1 fully saturated rings. The lowest BCUT2D eigenvalue weighted by Gasteiger charge is -2.56. The highest BCUT2D eigenvalue weighted by Crippen LogP contribution is 2.50. The van der Waals surface area contributed by atoms with Crippen molar-refractivity contribution in [2.45, 2.75) is 39.2 Å². The van der Waals surface area contributed by atoms with Crippen LogP contribution in [0.4, 0.5) is 0 Å². The number of aliphatic hydroxyl groups excluding tert-OH is 1. The fraction of sp³-hybridized carbons (Fsp3) is 0.692. The van der Waals surface area contributed by atoms with Crippen LogP contribution < -0.4 is 0 Å². The average molecular weight is 301 g/mol. The summed E-state index contributed by atoms with van der Waals surface area (Å²) < 4.78 is 24.5. The van der Waals surface area contributed by atoms with Gasteiger partial charge in [-0.05, 0) is 6.92 Å². The van der Waals surface area contributed by atoms with Gasteiger partial charge < -0.3 is 5.11 Å². The molecule has 0 aromatic rings. The molecule has 6 nitrogen and oxygen atoms in total. The van der Waals surface area contributed by atoms with Crippen molar-refractivity contribution in [3.05, 3.63) is 12.3 Å². The summed E-state index contributed by atoms with van der Waals surface area (Å²) in [6, 6.07) is 0. The molecule has 2 aliphatic rings. The minimum atomic E-state index is -3.68. The molecule has 2 heterocycles. The van der Waals surface area contributed by atoms with E-state index in [9.17, 15) is 23.1 Å². The molecule has 0 aromatic carbocycles. The number of carbonyl (C=O) groups is 2. The first-order valence-corrected chi connectivity index (χ1v) is 8.13. The molecule has 0 unspecified atom stereocenters. The molecular weight excluding hydrogens is 282 g/mol. The van der Waals surface area contributed by atoms with Gasteiger partial charge in [0.1, 0.15) is 0 Å². The third-order valence-electron chi connectivity index (χ3n) is 3.88. The van der Waals surface area contributed by atoms with E-state index in [1.54, 1.807) is 20.8 Å². The lowest BCUT2D eigenvalue weighted by molar-refractivity contribution is -0.180. The number of amides is 1. The maximum atomic E-state index is 12.7. The molecule has 2 aliphatic heterocycles. The van der Waals surface area contributed by atoms with Crippen LogP contribution in [-0.4, -0.2) is 47.3 Å². The van der Waals surface area contributed by atoms with Gasteiger partial charge in [0.25, 0.3) is 0 Å². The Morgan fingerprint density at radius 3 is 2.50 bits per heavy atom. The molecule has 0 aliphatic carbocycles. The van der Waals surface area contributed by atoms with E-state index in [-0.39, 0.29) is 5.75 Å². The second kappa shape index (κ2) is 4.14. The number of rotatable bonds is 2. The van der Waals surface area contributed by atoms with E-state index in [1.807, 2.05) is 0 Å². The van der Waals surface area contributed by atoms with Gasteiger partial charge in [-0.1, -0.05) is 26.8 Å². The molecule has 7 heteroatoms. The second-order valence-corrected chi connectivity index (χ2v) is 8.51. The number of aliphatic hydroxyl groups is 1. The predicted octanol–water partition coefficient (Wildman–Crippen LogP) is 0.0792. The quantitative estimate of drug-likeness (QED) is 0.576. The average Bonchev–Trinajstić information content (AvgIpc) is 2.28. The number of hydrogen-bond donors (Lipinski definition) is 1. The van der Waals surface area contributed by atoms with Crippen molar-refractivity contribution in [2.24, 2.45) is 10.8 Å². The van der Waals surface area contributed by atoms with Gasteiger partial charge in [0, 0.05) is 11.6 Å². The Balaban J connectivity index is 2.64. The molecule has 0 radical (unpaired) electrons. The zero-order chi connectivity index (χ0) is 15.5. The van der Waals surface area contributed by atoms with Crippen LogP contribution in [0.5, 0.6) is 0 Å². The van der Waals surface area contributed by atoms with Gasteiger partial charge in [-0.3, -0.25) is 14.5 Å². The third-order valence-corrected chi connectivity index (χ3v) is 5.82. The number of carbonyl (C=O) groups excluding carboxylic acids is 2. The summed E-state index contributed by atoms with van der Waals surface area (Å²) >= 11 is 0. The van der Waals surface area contributed by atoms with E-state index < -0.39 is 43.8 Å². The minimum Gasteiger partial charge on any atom is -0.392 e. The van der Waals surface area contributed by atoms with Gasteiger partial charge in [0.05, 0.1) is 11.9 Å². The Hall–Kier alpha value is -1.21. The van der Waals surface area contributed by atoms with Crippen molar-refractivity contribution in [1.82, 2.24) is 4.90 Å². The van der Waals surface area contributed by atoms with E-state index in [2.05, 4.69) is 0 Å². The van der Waals surface area contributed by atoms with Crippen molar-refractivity contribution in [1.29, 1.82) is 0 Å². The van der Waals surface area contributed by atoms with E-state index in [0.717, 1.165) is 4.90 Å². The molecule has 0 aromatic heterocycles. The van der Waals surface area contributed by atoms with Gasteiger partial charge in [-0.25, -0.2) is 8.42 Å². The highest BCUT2D eigenvalue weighted by molar-refractivity contribution is 7.92. The fourth-order valence-corrected chi connectivity index (χ4v) is 4.99. The SMILES string of the molecule is C[C@@H](O)[C@@]1(C(=O)C(C)(C)C)C(=O)N2C=CCS(=O)(=O)[C@H]21. The number of β-lactam (4-membered cyclic amide) rings is 1. The molecular formula is C13H19NO5S. The van der Waals surface area contributed by atoms with Crippen LogP contribution in [0.3, 0.4) is 0 Å². The minimum absolute atomic E-state index is 0.229. The monoisotopic (exact) mass is 301 g/mol. The molecule has 0 bridgehead atoms. The van der Waals surface area contributed by atoms with E-state index in [4.69, 9.17) is 0 Å². The zero-order valence-electron chi connectivity index (χ0n) is 12.0. The summed E-state index contributed by atoms with van der Waals surface area (Å²) in [5.74, 6) is -1.41. The standard InChI is InChI=1S/C13H19NO5S/c1-8(15)13(9(16)12(2,3)4)10(17)14-6-5-7-20(18,19)11(13)14/h5-6,8,11,15H,7H2,1-4H3/t8-,11+,13-/m1/s1. The first-order chi connectivity index (χ1) is 8.97. The molecule has 1 amide bonds. The topological polar surface area (TPSA) is 91.8 Å². The smallest absolute Gasteiger partial charge is 0.247 e. The molecule has 20 heavy (non-hydrogen) atoms. The van der Waals surface area contributed by atoms with E-state index in [0.29, 0.717) is 0 Å². The Kier molecular flexibility index (Phi) is 3.15. The molecule has 0 saturated carbocycles. The van der Waals surface area contributed by atoms with Gasteiger partial charge >= 0.3 is 0 Å². The number of ketones is 1. The number of fused-ring (bicyclic) bond motifs is 1. The van der Waals surface area contributed by atoms with Gasteiger partial charge in [-0.15, -0.1) is 0 Å². The van der Waals surface area contributed by atoms with Crippen molar-refractivity contribution >= 4 is 21.5 Å². The normalized spacial score (nSPS) is 33.4. The molecule has 0 spiro atoms. The van der Waals surface area contributed by atoms with Crippen LogP contribution in [-0.2, 0) is 19.4 Å². The number of sulfone groups is 1. The lowest BCUT2D eigenvalue weighted by atomic mass is 9.63. The summed E-state index contributed by atoms with van der Waals surface area (Å²) in [6.07, 6.45) is 1.39. The Morgan fingerprint density at radius 1 is 1.50 bits per heavy atom. The number of Topliss-reactive ketones (excluding diaryl/α,β-unsaturated/α-hetero) is 1. The van der Waals surface area contributed by atoms with Crippen LogP contribution in [0, 0.1) is 10.8 Å². The van der Waals surface area contributed by atoms with Crippen LogP contribution in [0.2, 0.25) is 0 Å². The van der Waals surface area contributed by atoms with Crippen LogP contribution in [0.25, 0.3) is 0 Å². The van der Waals surface area contributed by atoms with Crippen LogP contribution in [0.15, 0.2) is 12.3 Å². The Bertz CT molecular complexity index is 599. The zero-order valence-corrected chi connectivity index (χ0v) is 12.8. The maximum Gasteiger partial charge on any atom is 0.247 e. The molecule has 2 rings (SSSR count). The summed E-state index contributed by atoms with van der Waals surface area (Å²) in [4.78, 5) is 26.1. The fourth-order valence-electron chi connectivity index (χ4n) is 2.97. The second-order valence-electron chi connectivity index (χ2n) is 6.40. The summed E-state index contributed by atoms with van der Waals surface area (Å²) in [5.41, 5.74) is -2.81. The number of nitrogens with zero attached hydrogens (tertiary/aromatic N) is 1. The molecule has 1 saturated heterocycles. The predicted molar refractivity (Wildman–Crippen MR) is 72.1 cm³/mol. The summed E-state index contributed by atoms with van der Waals surface area (Å²) in [7, 11) is -3.68. The van der Waals surface area contributed by atoms with Crippen molar-refractivity contribution in [3.8, 4) is 0 Å². The van der Waals surface area contributed by atoms with Crippen LogP contribution in [0.1, 0.15) is 27.7 Å². The highest BCUT2D eigenvalue weighted by Gasteiger charge is 2.73. The third kappa shape index (κ3) is 1.69. The van der Waals surface area contributed by atoms with Crippen molar-refractivity contribution < 1.29 is 23.1 Å². The summed E-state index contributed by atoms with van der Waals surface area (Å²) in [5, 5.41) is 8.75. The molecule has 112 valence electrons. The summed E-state index contributed by atoms with van der Waals surface area (Å²) in [6.45, 7) is 6.13. The van der Waals surface area contributed by atoms with Crippen molar-refractivity contribution in [3.63, 3.8) is 0 Å². The Morgan fingerprint density at radius 2 is 2.05 bits per heavy atom. The largest absolute Gasteiger partial charge is 0.392 e. The molecule has 3 atom stereocenters. The Labute approximate surface area is 118 Å². The van der Waals surface area contributed by atoms with Gasteiger partial charge in [-0.2, -0.15) is 0 Å². The first-order valence-electron chi connectivity index (χ1n) is 6.41. The van der Waals surface area contributed by atoms with Crippen molar-refractivity contribution in [2.75, 3.05) is 5.75 Å². The lowest BCUT2D eigenvalue weighted by Crippen LogP contribution is -2.78. The van der Waals surface area contributed by atoms with E-state index >= 15 is 0 Å². The highest BCUT2D eigenvalue weighted by atomic mass is 32.2. The maximum absolute atomic E-state index is 12.7. The van der Waals surface area contributed by atoms with Gasteiger partial charge in [0.2, 0.25) is 5.91 Å². The number of hydrogen-bond acceptors (Lipinski definition) is 5. The van der Waals surface area contributed by atoms with Gasteiger partial charge in [0.15, 0.2) is 26.4 Å². The van der Waals surface area contributed by atoms with Crippen LogP contribution >= 0.6 is 0 Å². The van der Waals surface area contributed by atoms with E-state index in [1.165, 1.54) is 19.2 Å².